The second kappa shape index (κ2) is 7.93. The van der Waals surface area contributed by atoms with Crippen molar-refractivity contribution < 1.29 is 9.59 Å². The summed E-state index contributed by atoms with van der Waals surface area (Å²) in [6.45, 7) is 0. The zero-order valence-electron chi connectivity index (χ0n) is 17.9. The molecule has 0 aliphatic rings. The minimum absolute atomic E-state index is 0.114. The molecule has 3 aromatic heterocycles. The van der Waals surface area contributed by atoms with Gasteiger partial charge >= 0.3 is 0 Å². The number of hydrogen-bond donors (Lipinski definition) is 3. The fourth-order valence-electron chi connectivity index (χ4n) is 4.03. The van der Waals surface area contributed by atoms with Crippen LogP contribution in [0.1, 0.15) is 26.7 Å². The minimum Gasteiger partial charge on any atom is -0.342 e. The van der Waals surface area contributed by atoms with E-state index in [0.29, 0.717) is 22.4 Å². The molecule has 3 N–H and O–H groups in total. The summed E-state index contributed by atoms with van der Waals surface area (Å²) in [5.74, 6) is 0.332. The first-order valence-corrected chi connectivity index (χ1v) is 10.8. The van der Waals surface area contributed by atoms with Crippen LogP contribution in [0.25, 0.3) is 32.8 Å². The van der Waals surface area contributed by atoms with Gasteiger partial charge in [0.15, 0.2) is 5.78 Å². The first-order chi connectivity index (χ1) is 16.6. The van der Waals surface area contributed by atoms with Gasteiger partial charge in [-0.2, -0.15) is 0 Å². The third kappa shape index (κ3) is 3.57. The first kappa shape index (κ1) is 19.8. The summed E-state index contributed by atoms with van der Waals surface area (Å²) in [7, 11) is 0. The lowest BCUT2D eigenvalue weighted by atomic mass is 10.1. The Labute approximate surface area is 193 Å². The Kier molecular flexibility index (Phi) is 4.62. The molecule has 0 saturated carbocycles. The molecule has 0 aliphatic carbocycles. The molecular weight excluding hydrogens is 428 g/mol. The van der Waals surface area contributed by atoms with Crippen molar-refractivity contribution in [1.82, 2.24) is 24.9 Å². The van der Waals surface area contributed by atoms with Crippen molar-refractivity contribution >= 4 is 50.5 Å². The zero-order chi connectivity index (χ0) is 23.1. The molecule has 0 fully saturated rings. The molecule has 8 nitrogen and oxygen atoms in total. The van der Waals surface area contributed by atoms with E-state index in [0.717, 1.165) is 21.8 Å². The summed E-state index contributed by atoms with van der Waals surface area (Å²) in [6.07, 6.45) is 1.78. The van der Waals surface area contributed by atoms with Crippen LogP contribution in [0.5, 0.6) is 0 Å². The lowest BCUT2D eigenvalue weighted by molar-refractivity contribution is 0.0990. The van der Waals surface area contributed by atoms with Gasteiger partial charge in [0.05, 0.1) is 23.0 Å². The second-order valence-corrected chi connectivity index (χ2v) is 7.96. The predicted molar refractivity (Wildman–Crippen MR) is 130 cm³/mol. The van der Waals surface area contributed by atoms with Crippen molar-refractivity contribution in [2.45, 2.75) is 6.42 Å². The van der Waals surface area contributed by atoms with Crippen LogP contribution in [0.2, 0.25) is 0 Å². The molecule has 0 radical (unpaired) electrons. The number of imidazole rings is 2. The Morgan fingerprint density at radius 1 is 0.824 bits per heavy atom. The molecule has 8 heteroatoms. The zero-order valence-corrected chi connectivity index (χ0v) is 17.9. The number of carbonyl (C=O) groups excluding carboxylic acids is 2. The fraction of sp³-hybridized carbons (Fsp3) is 0.0385. The van der Waals surface area contributed by atoms with Crippen molar-refractivity contribution in [2.75, 3.05) is 5.32 Å². The number of rotatable bonds is 5. The van der Waals surface area contributed by atoms with E-state index in [-0.39, 0.29) is 29.8 Å². The second-order valence-electron chi connectivity index (χ2n) is 7.96. The highest BCUT2D eigenvalue weighted by Gasteiger charge is 2.17. The first-order valence-electron chi connectivity index (χ1n) is 10.8. The Bertz CT molecular complexity index is 1680. The fourth-order valence-corrected chi connectivity index (χ4v) is 4.03. The molecule has 6 aromatic rings. The smallest absolute Gasteiger partial charge is 0.276 e. The van der Waals surface area contributed by atoms with Gasteiger partial charge in [-0.15, -0.1) is 0 Å². The molecule has 0 spiro atoms. The summed E-state index contributed by atoms with van der Waals surface area (Å²) in [4.78, 5) is 45.3. The van der Waals surface area contributed by atoms with E-state index < -0.39 is 0 Å². The van der Waals surface area contributed by atoms with E-state index in [1.54, 1.807) is 24.4 Å². The predicted octanol–water partition coefficient (Wildman–Crippen LogP) is 4.67. The van der Waals surface area contributed by atoms with Crippen molar-refractivity contribution in [2.24, 2.45) is 0 Å². The Morgan fingerprint density at radius 2 is 1.62 bits per heavy atom. The van der Waals surface area contributed by atoms with Crippen LogP contribution in [0.15, 0.2) is 79.0 Å². The number of nitrogens with zero attached hydrogens (tertiary/aromatic N) is 3. The van der Waals surface area contributed by atoms with Gasteiger partial charge in [-0.25, -0.2) is 9.97 Å². The van der Waals surface area contributed by atoms with Crippen LogP contribution in [0, 0.1) is 0 Å². The van der Waals surface area contributed by atoms with Gasteiger partial charge in [0.25, 0.3) is 5.91 Å². The molecule has 0 unspecified atom stereocenters. The van der Waals surface area contributed by atoms with Crippen molar-refractivity contribution in [3.63, 3.8) is 0 Å². The minimum atomic E-state index is -0.389. The number of aromatic amines is 2. The normalized spacial score (nSPS) is 11.3. The highest BCUT2D eigenvalue weighted by atomic mass is 16.2. The van der Waals surface area contributed by atoms with Gasteiger partial charge in [-0.1, -0.05) is 42.5 Å². The number of carbonyl (C=O) groups is 2. The summed E-state index contributed by atoms with van der Waals surface area (Å²) in [6, 6.07) is 22.4. The van der Waals surface area contributed by atoms with Crippen LogP contribution in [-0.4, -0.2) is 36.6 Å². The maximum atomic E-state index is 13.1. The largest absolute Gasteiger partial charge is 0.342 e. The topological polar surface area (TPSA) is 116 Å². The Hall–Kier alpha value is -4.85. The number of pyridine rings is 1. The third-order valence-electron chi connectivity index (χ3n) is 5.68. The number of hydrogen-bond acceptors (Lipinski definition) is 5. The van der Waals surface area contributed by atoms with Gasteiger partial charge in [0.1, 0.15) is 17.0 Å². The molecule has 3 heterocycles. The van der Waals surface area contributed by atoms with Crippen LogP contribution in [-0.2, 0) is 6.42 Å². The van der Waals surface area contributed by atoms with Crippen LogP contribution < -0.4 is 5.32 Å². The van der Waals surface area contributed by atoms with Crippen LogP contribution in [0.3, 0.4) is 0 Å². The Balaban J connectivity index is 1.26. The number of aromatic nitrogens is 5. The lowest BCUT2D eigenvalue weighted by Gasteiger charge is -2.03. The summed E-state index contributed by atoms with van der Waals surface area (Å²) in [5, 5.41) is 4.62. The van der Waals surface area contributed by atoms with Gasteiger partial charge in [0, 0.05) is 17.1 Å². The van der Waals surface area contributed by atoms with Crippen LogP contribution >= 0.6 is 0 Å². The van der Waals surface area contributed by atoms with Crippen molar-refractivity contribution in [3.05, 3.63) is 96.1 Å². The summed E-state index contributed by atoms with van der Waals surface area (Å²) in [5.41, 5.74) is 3.58. The van der Waals surface area contributed by atoms with E-state index >= 15 is 0 Å². The monoisotopic (exact) mass is 446 g/mol. The molecule has 0 aliphatic heterocycles. The SMILES string of the molecule is O=C(Nc1nc2c(C(=O)Cc3nc4ccccc4[nH]3)cccc2[nH]1)c1cc2ccccc2cn1. The van der Waals surface area contributed by atoms with Gasteiger partial charge in [0.2, 0.25) is 5.95 Å². The van der Waals surface area contributed by atoms with E-state index in [1.165, 1.54) is 0 Å². The average Bonchev–Trinajstić information content (AvgIpc) is 3.46. The number of benzene rings is 3. The van der Waals surface area contributed by atoms with Crippen molar-refractivity contribution in [3.8, 4) is 0 Å². The molecule has 164 valence electrons. The molecule has 6 rings (SSSR count). The van der Waals surface area contributed by atoms with Crippen LogP contribution in [0.4, 0.5) is 5.95 Å². The van der Waals surface area contributed by atoms with E-state index in [4.69, 9.17) is 0 Å². The average molecular weight is 446 g/mol. The maximum absolute atomic E-state index is 13.1. The number of fused-ring (bicyclic) bond motifs is 3. The maximum Gasteiger partial charge on any atom is 0.276 e. The molecule has 34 heavy (non-hydrogen) atoms. The van der Waals surface area contributed by atoms with E-state index in [9.17, 15) is 9.59 Å². The van der Waals surface area contributed by atoms with Gasteiger partial charge in [-0.3, -0.25) is 19.9 Å². The molecule has 0 atom stereocenters. The van der Waals surface area contributed by atoms with Gasteiger partial charge in [-0.05, 0) is 35.7 Å². The number of Topliss-reactive ketones (excluding diaryl/α,β-unsaturated/α-hetero) is 1. The highest BCUT2D eigenvalue weighted by Crippen LogP contribution is 2.21. The number of H-pyrrole nitrogens is 2. The molecular formula is C26H18N6O2. The summed E-state index contributed by atoms with van der Waals surface area (Å²) >= 11 is 0. The number of anilines is 1. The number of para-hydroxylation sites is 3. The lowest BCUT2D eigenvalue weighted by Crippen LogP contribution is -2.14. The van der Waals surface area contributed by atoms with Gasteiger partial charge < -0.3 is 9.97 Å². The third-order valence-corrected chi connectivity index (χ3v) is 5.68. The standard InChI is InChI=1S/C26H18N6O2/c33-22(13-23-28-18-9-3-4-10-19(18)29-23)17-8-5-11-20-24(17)31-26(30-20)32-25(34)21-12-15-6-1-2-7-16(15)14-27-21/h1-12,14H,13H2,(H,28,29)(H2,30,31,32,34). The number of ketones is 1. The van der Waals surface area contributed by atoms with Crippen molar-refractivity contribution in [1.29, 1.82) is 0 Å². The number of amides is 1. The molecule has 3 aromatic carbocycles. The molecule has 0 bridgehead atoms. The highest BCUT2D eigenvalue weighted by molar-refractivity contribution is 6.08. The van der Waals surface area contributed by atoms with E-state index in [1.807, 2.05) is 54.6 Å². The summed E-state index contributed by atoms with van der Waals surface area (Å²) < 4.78 is 0. The Morgan fingerprint density at radius 3 is 2.50 bits per heavy atom. The number of nitrogens with one attached hydrogen (secondary N) is 3. The molecule has 1 amide bonds. The van der Waals surface area contributed by atoms with E-state index in [2.05, 4.69) is 30.2 Å². The quantitative estimate of drug-likeness (QED) is 0.333. The molecule has 0 saturated heterocycles.